The van der Waals surface area contributed by atoms with Gasteiger partial charge in [-0.25, -0.2) is 14.4 Å². The second-order valence-electron chi connectivity index (χ2n) is 5.69. The molecule has 0 amide bonds. The van der Waals surface area contributed by atoms with E-state index in [1.807, 2.05) is 6.92 Å². The summed E-state index contributed by atoms with van der Waals surface area (Å²) in [6.07, 6.45) is 8.48. The smallest absolute Gasteiger partial charge is 0.186 e. The maximum Gasteiger partial charge on any atom is 0.186 e. The Bertz CT molecular complexity index is 408. The Kier molecular flexibility index (Phi) is 5.11. The number of nitrogens with zero attached hydrogens (tertiary/aromatic N) is 2. The van der Waals surface area contributed by atoms with E-state index in [-0.39, 0.29) is 5.82 Å². The predicted molar refractivity (Wildman–Crippen MR) is 75.6 cm³/mol. The number of nitrogens with one attached hydrogen (secondary N) is 1. The van der Waals surface area contributed by atoms with Crippen molar-refractivity contribution < 1.29 is 4.39 Å². The topological polar surface area (TPSA) is 37.8 Å². The fourth-order valence-corrected chi connectivity index (χ4v) is 2.99. The zero-order chi connectivity index (χ0) is 13.7. The summed E-state index contributed by atoms with van der Waals surface area (Å²) in [5, 5.41) is 3.12. The van der Waals surface area contributed by atoms with Crippen molar-refractivity contribution in [3.63, 3.8) is 0 Å². The van der Waals surface area contributed by atoms with Crippen LogP contribution in [0.5, 0.6) is 0 Å². The van der Waals surface area contributed by atoms with Crippen molar-refractivity contribution in [2.45, 2.75) is 52.4 Å². The second kappa shape index (κ2) is 6.83. The van der Waals surface area contributed by atoms with Gasteiger partial charge in [0.2, 0.25) is 0 Å². The summed E-state index contributed by atoms with van der Waals surface area (Å²) in [5.41, 5.74) is 0.490. The summed E-state index contributed by atoms with van der Waals surface area (Å²) < 4.78 is 13.9. The molecule has 1 aromatic heterocycles. The summed E-state index contributed by atoms with van der Waals surface area (Å²) in [7, 11) is 0. The van der Waals surface area contributed by atoms with Gasteiger partial charge in [0.15, 0.2) is 11.6 Å². The molecule has 3 nitrogen and oxygen atoms in total. The van der Waals surface area contributed by atoms with Gasteiger partial charge in [-0.05, 0) is 31.1 Å². The zero-order valence-electron chi connectivity index (χ0n) is 12.0. The number of anilines is 1. The van der Waals surface area contributed by atoms with E-state index in [0.29, 0.717) is 17.9 Å². The standard InChI is InChI=1S/C15H24FN3/c1-3-13-14(16)15(19-10-18-13)17-8-7-12-6-4-5-11(2)9-12/h10-12H,3-9H2,1-2H3,(H,17,18,19). The van der Waals surface area contributed by atoms with E-state index in [1.165, 1.54) is 32.0 Å². The minimum atomic E-state index is -0.290. The van der Waals surface area contributed by atoms with Gasteiger partial charge in [0.25, 0.3) is 0 Å². The molecule has 2 unspecified atom stereocenters. The van der Waals surface area contributed by atoms with Gasteiger partial charge in [-0.2, -0.15) is 0 Å². The highest BCUT2D eigenvalue weighted by atomic mass is 19.1. The maximum absolute atomic E-state index is 13.9. The summed E-state index contributed by atoms with van der Waals surface area (Å²) in [4.78, 5) is 7.93. The fraction of sp³-hybridized carbons (Fsp3) is 0.733. The molecule has 0 aliphatic heterocycles. The summed E-state index contributed by atoms with van der Waals surface area (Å²) in [5.74, 6) is 1.70. The van der Waals surface area contributed by atoms with Gasteiger partial charge in [0, 0.05) is 6.54 Å². The molecule has 1 saturated carbocycles. The molecule has 1 fully saturated rings. The van der Waals surface area contributed by atoms with Gasteiger partial charge < -0.3 is 5.32 Å². The van der Waals surface area contributed by atoms with Crippen LogP contribution in [0.3, 0.4) is 0 Å². The van der Waals surface area contributed by atoms with Crippen molar-refractivity contribution in [2.24, 2.45) is 11.8 Å². The van der Waals surface area contributed by atoms with Crippen LogP contribution in [0.15, 0.2) is 6.33 Å². The van der Waals surface area contributed by atoms with Crippen LogP contribution in [0.2, 0.25) is 0 Å². The molecule has 2 rings (SSSR count). The van der Waals surface area contributed by atoms with Crippen LogP contribution >= 0.6 is 0 Å². The minimum Gasteiger partial charge on any atom is -0.368 e. The summed E-state index contributed by atoms with van der Waals surface area (Å²) in [6.45, 7) is 5.03. The third-order valence-electron chi connectivity index (χ3n) is 4.09. The molecule has 1 aliphatic carbocycles. The van der Waals surface area contributed by atoms with Gasteiger partial charge in [0.1, 0.15) is 6.33 Å². The first-order chi connectivity index (χ1) is 9.20. The zero-order valence-corrected chi connectivity index (χ0v) is 12.0. The number of hydrogen-bond acceptors (Lipinski definition) is 3. The molecule has 19 heavy (non-hydrogen) atoms. The minimum absolute atomic E-state index is 0.290. The van der Waals surface area contributed by atoms with E-state index in [0.717, 1.165) is 24.8 Å². The first-order valence-corrected chi connectivity index (χ1v) is 7.44. The van der Waals surface area contributed by atoms with Crippen molar-refractivity contribution in [3.8, 4) is 0 Å². The Morgan fingerprint density at radius 3 is 2.95 bits per heavy atom. The normalized spacial score (nSPS) is 23.3. The van der Waals surface area contributed by atoms with Gasteiger partial charge in [-0.3, -0.25) is 0 Å². The van der Waals surface area contributed by atoms with Gasteiger partial charge in [-0.1, -0.05) is 33.1 Å². The molecule has 4 heteroatoms. The molecule has 0 aromatic carbocycles. The van der Waals surface area contributed by atoms with Crippen LogP contribution in [0, 0.1) is 17.7 Å². The Hall–Kier alpha value is -1.19. The number of rotatable bonds is 5. The van der Waals surface area contributed by atoms with Crippen LogP contribution in [0.4, 0.5) is 10.2 Å². The van der Waals surface area contributed by atoms with E-state index in [4.69, 9.17) is 0 Å². The molecule has 2 atom stereocenters. The number of aryl methyl sites for hydroxylation is 1. The van der Waals surface area contributed by atoms with Crippen LogP contribution in [-0.2, 0) is 6.42 Å². The Balaban J connectivity index is 1.82. The highest BCUT2D eigenvalue weighted by Gasteiger charge is 2.18. The summed E-state index contributed by atoms with van der Waals surface area (Å²) >= 11 is 0. The van der Waals surface area contributed by atoms with E-state index in [9.17, 15) is 4.39 Å². The van der Waals surface area contributed by atoms with Crippen molar-refractivity contribution in [3.05, 3.63) is 17.8 Å². The molecular formula is C15H24FN3. The lowest BCUT2D eigenvalue weighted by molar-refractivity contribution is 0.274. The van der Waals surface area contributed by atoms with E-state index in [1.54, 1.807) is 0 Å². The van der Waals surface area contributed by atoms with Crippen LogP contribution in [-0.4, -0.2) is 16.5 Å². The van der Waals surface area contributed by atoms with Gasteiger partial charge in [-0.15, -0.1) is 0 Å². The largest absolute Gasteiger partial charge is 0.368 e. The summed E-state index contributed by atoms with van der Waals surface area (Å²) in [6, 6.07) is 0. The number of aromatic nitrogens is 2. The molecule has 0 radical (unpaired) electrons. The molecule has 1 aromatic rings. The van der Waals surface area contributed by atoms with Crippen molar-refractivity contribution >= 4 is 5.82 Å². The fourth-order valence-electron chi connectivity index (χ4n) is 2.99. The molecule has 1 aliphatic rings. The monoisotopic (exact) mass is 265 g/mol. The average molecular weight is 265 g/mol. The lowest BCUT2D eigenvalue weighted by Gasteiger charge is -2.26. The van der Waals surface area contributed by atoms with Crippen LogP contribution in [0.1, 0.15) is 51.6 Å². The molecule has 0 saturated heterocycles. The van der Waals surface area contributed by atoms with Crippen LogP contribution < -0.4 is 5.32 Å². The lowest BCUT2D eigenvalue weighted by atomic mass is 9.81. The van der Waals surface area contributed by atoms with Crippen LogP contribution in [0.25, 0.3) is 0 Å². The average Bonchev–Trinajstić information content (AvgIpc) is 2.41. The molecule has 0 bridgehead atoms. The van der Waals surface area contributed by atoms with E-state index in [2.05, 4.69) is 22.2 Å². The van der Waals surface area contributed by atoms with E-state index >= 15 is 0 Å². The van der Waals surface area contributed by atoms with Gasteiger partial charge in [0.05, 0.1) is 5.69 Å². The number of hydrogen-bond donors (Lipinski definition) is 1. The quantitative estimate of drug-likeness (QED) is 0.879. The maximum atomic E-state index is 13.9. The second-order valence-corrected chi connectivity index (χ2v) is 5.69. The number of halogens is 1. The predicted octanol–water partition coefficient (Wildman–Crippen LogP) is 3.81. The first kappa shape index (κ1) is 14.2. The van der Waals surface area contributed by atoms with Gasteiger partial charge >= 0.3 is 0 Å². The molecule has 106 valence electrons. The Morgan fingerprint density at radius 1 is 1.37 bits per heavy atom. The Labute approximate surface area is 115 Å². The Morgan fingerprint density at radius 2 is 2.21 bits per heavy atom. The molecular weight excluding hydrogens is 241 g/mol. The molecule has 1 N–H and O–H groups in total. The van der Waals surface area contributed by atoms with Crippen molar-refractivity contribution in [2.75, 3.05) is 11.9 Å². The molecule has 1 heterocycles. The van der Waals surface area contributed by atoms with Crippen molar-refractivity contribution in [1.29, 1.82) is 0 Å². The van der Waals surface area contributed by atoms with Crippen molar-refractivity contribution in [1.82, 2.24) is 9.97 Å². The highest BCUT2D eigenvalue weighted by Crippen LogP contribution is 2.30. The first-order valence-electron chi connectivity index (χ1n) is 7.44. The third-order valence-corrected chi connectivity index (χ3v) is 4.09. The lowest BCUT2D eigenvalue weighted by Crippen LogP contribution is -2.17. The molecule has 0 spiro atoms. The highest BCUT2D eigenvalue weighted by molar-refractivity contribution is 5.37. The SMILES string of the molecule is CCc1ncnc(NCCC2CCCC(C)C2)c1F. The van der Waals surface area contributed by atoms with E-state index < -0.39 is 0 Å². The third kappa shape index (κ3) is 3.88.